The lowest BCUT2D eigenvalue weighted by Crippen LogP contribution is -2.33. The summed E-state index contributed by atoms with van der Waals surface area (Å²) in [5.41, 5.74) is 15.2. The predicted molar refractivity (Wildman–Crippen MR) is 98.9 cm³/mol. The molecule has 5 N–H and O–H groups in total. The second-order valence-electron chi connectivity index (χ2n) is 7.53. The Morgan fingerprint density at radius 2 is 1.92 bits per heavy atom. The summed E-state index contributed by atoms with van der Waals surface area (Å²) in [5, 5.41) is 7.89. The van der Waals surface area contributed by atoms with Crippen LogP contribution in [0.15, 0.2) is 12.3 Å². The number of nitrogens with one attached hydrogen (secondary N) is 1. The minimum atomic E-state index is 0.329. The first-order valence-electron chi connectivity index (χ1n) is 9.26. The number of anilines is 2. The number of rotatable bonds is 5. The summed E-state index contributed by atoms with van der Waals surface area (Å²) in [7, 11) is 2.00. The van der Waals surface area contributed by atoms with E-state index in [1.807, 2.05) is 24.0 Å². The van der Waals surface area contributed by atoms with Crippen LogP contribution in [0.2, 0.25) is 0 Å². The fourth-order valence-corrected chi connectivity index (χ4v) is 3.63. The molecular formula is C18H27N7. The van der Waals surface area contributed by atoms with E-state index >= 15 is 0 Å². The third kappa shape index (κ3) is 3.76. The minimum Gasteiger partial charge on any atom is -0.384 e. The van der Waals surface area contributed by atoms with Crippen LogP contribution in [0, 0.1) is 5.92 Å². The van der Waals surface area contributed by atoms with Gasteiger partial charge in [-0.1, -0.05) is 0 Å². The van der Waals surface area contributed by atoms with E-state index in [-0.39, 0.29) is 0 Å². The maximum Gasteiger partial charge on any atom is 0.225 e. The van der Waals surface area contributed by atoms with Gasteiger partial charge >= 0.3 is 0 Å². The van der Waals surface area contributed by atoms with Crippen molar-refractivity contribution in [3.8, 4) is 11.3 Å². The van der Waals surface area contributed by atoms with Crippen LogP contribution in [-0.2, 0) is 13.5 Å². The number of nitrogens with zero attached hydrogens (tertiary/aromatic N) is 4. The van der Waals surface area contributed by atoms with E-state index in [4.69, 9.17) is 16.5 Å². The van der Waals surface area contributed by atoms with Gasteiger partial charge < -0.3 is 16.8 Å². The normalized spacial score (nSPS) is 23.6. The maximum absolute atomic E-state index is 6.06. The molecule has 0 spiro atoms. The van der Waals surface area contributed by atoms with Gasteiger partial charge in [0.05, 0.1) is 11.9 Å². The molecule has 0 aromatic carbocycles. The van der Waals surface area contributed by atoms with Gasteiger partial charge in [0.1, 0.15) is 5.82 Å². The van der Waals surface area contributed by atoms with Crippen molar-refractivity contribution in [2.45, 2.75) is 57.0 Å². The second-order valence-corrected chi connectivity index (χ2v) is 7.53. The summed E-state index contributed by atoms with van der Waals surface area (Å²) in [6, 6.07) is 2.54. The van der Waals surface area contributed by atoms with Gasteiger partial charge in [-0.25, -0.2) is 4.98 Å². The molecule has 0 saturated heterocycles. The van der Waals surface area contributed by atoms with Crippen LogP contribution < -0.4 is 16.8 Å². The van der Waals surface area contributed by atoms with Gasteiger partial charge in [-0.2, -0.15) is 10.1 Å². The summed E-state index contributed by atoms with van der Waals surface area (Å²) in [6.07, 6.45) is 9.76. The average Bonchev–Trinajstić information content (AvgIpc) is 3.32. The highest BCUT2D eigenvalue weighted by molar-refractivity contribution is 5.65. The monoisotopic (exact) mass is 341 g/mol. The largest absolute Gasteiger partial charge is 0.384 e. The molecule has 0 aliphatic heterocycles. The highest BCUT2D eigenvalue weighted by atomic mass is 15.3. The van der Waals surface area contributed by atoms with Crippen molar-refractivity contribution in [2.24, 2.45) is 18.7 Å². The molecule has 2 fully saturated rings. The van der Waals surface area contributed by atoms with Gasteiger partial charge in [0.25, 0.3) is 0 Å². The van der Waals surface area contributed by atoms with Crippen LogP contribution >= 0.6 is 0 Å². The zero-order valence-electron chi connectivity index (χ0n) is 14.8. The fraction of sp³-hybridized carbons (Fsp3) is 0.611. The van der Waals surface area contributed by atoms with Gasteiger partial charge in [-0.05, 0) is 50.9 Å². The van der Waals surface area contributed by atoms with E-state index in [0.29, 0.717) is 23.8 Å². The van der Waals surface area contributed by atoms with Crippen molar-refractivity contribution >= 4 is 11.8 Å². The molecule has 0 atom stereocenters. The Morgan fingerprint density at radius 3 is 2.64 bits per heavy atom. The zero-order valence-corrected chi connectivity index (χ0v) is 14.8. The molecule has 25 heavy (non-hydrogen) atoms. The summed E-state index contributed by atoms with van der Waals surface area (Å²) < 4.78 is 1.96. The quantitative estimate of drug-likeness (QED) is 0.768. The summed E-state index contributed by atoms with van der Waals surface area (Å²) in [6.45, 7) is 0. The van der Waals surface area contributed by atoms with Crippen molar-refractivity contribution in [3.05, 3.63) is 18.0 Å². The maximum atomic E-state index is 6.06. The molecule has 0 bridgehead atoms. The molecule has 2 aromatic rings. The lowest BCUT2D eigenvalue weighted by molar-refractivity contribution is 0.410. The van der Waals surface area contributed by atoms with E-state index in [1.54, 1.807) is 0 Å². The molecule has 7 heteroatoms. The smallest absolute Gasteiger partial charge is 0.225 e. The van der Waals surface area contributed by atoms with Crippen molar-refractivity contribution in [2.75, 3.05) is 11.1 Å². The van der Waals surface area contributed by atoms with Crippen molar-refractivity contribution < 1.29 is 0 Å². The number of nitrogens with two attached hydrogens (primary N) is 2. The number of hydrogen-bond acceptors (Lipinski definition) is 6. The van der Waals surface area contributed by atoms with E-state index in [1.165, 1.54) is 18.5 Å². The van der Waals surface area contributed by atoms with E-state index in [0.717, 1.165) is 49.3 Å². The first-order chi connectivity index (χ1) is 12.1. The van der Waals surface area contributed by atoms with E-state index < -0.39 is 0 Å². The number of nitrogen functional groups attached to an aromatic ring is 1. The van der Waals surface area contributed by atoms with Crippen LogP contribution in [0.3, 0.4) is 0 Å². The molecule has 2 aliphatic rings. The van der Waals surface area contributed by atoms with Crippen LogP contribution in [0.25, 0.3) is 11.3 Å². The first kappa shape index (κ1) is 16.3. The molecule has 134 valence electrons. The standard InChI is InChI=1S/C18H27N7/c1-25-16(8-11-2-3-11)14(10-21-25)15-9-17(20)24-18(23-15)22-13-6-4-12(19)5-7-13/h9-13H,2-8,19H2,1H3,(H3,20,22,23,24)/t12-,13-. The molecule has 2 aromatic heterocycles. The highest BCUT2D eigenvalue weighted by Gasteiger charge is 2.26. The third-order valence-electron chi connectivity index (χ3n) is 5.37. The van der Waals surface area contributed by atoms with E-state index in [9.17, 15) is 0 Å². The predicted octanol–water partition coefficient (Wildman–Crippen LogP) is 2.09. The number of aromatic nitrogens is 4. The lowest BCUT2D eigenvalue weighted by Gasteiger charge is -2.26. The highest BCUT2D eigenvalue weighted by Crippen LogP contribution is 2.35. The first-order valence-corrected chi connectivity index (χ1v) is 9.26. The molecule has 7 nitrogen and oxygen atoms in total. The number of aryl methyl sites for hydroxylation is 1. The van der Waals surface area contributed by atoms with Crippen molar-refractivity contribution in [3.63, 3.8) is 0 Å². The molecule has 0 unspecified atom stereocenters. The summed E-state index contributed by atoms with van der Waals surface area (Å²) >= 11 is 0. The zero-order chi connectivity index (χ0) is 17.4. The van der Waals surface area contributed by atoms with Gasteiger partial charge in [0.2, 0.25) is 5.95 Å². The molecule has 4 rings (SSSR count). The Labute approximate surface area is 148 Å². The van der Waals surface area contributed by atoms with Crippen molar-refractivity contribution in [1.82, 2.24) is 19.7 Å². The molecule has 2 aliphatic carbocycles. The van der Waals surface area contributed by atoms with Crippen molar-refractivity contribution in [1.29, 1.82) is 0 Å². The molecule has 2 heterocycles. The Bertz CT molecular complexity index is 742. The molecule has 0 amide bonds. The Hall–Kier alpha value is -2.15. The third-order valence-corrected chi connectivity index (χ3v) is 5.37. The van der Waals surface area contributed by atoms with Gasteiger partial charge in [0.15, 0.2) is 0 Å². The van der Waals surface area contributed by atoms with Crippen LogP contribution in [-0.4, -0.2) is 31.8 Å². The SMILES string of the molecule is Cn1ncc(-c2cc(N)nc(N[C@H]3CC[C@H](N)CC3)n2)c1CC1CC1. The van der Waals surface area contributed by atoms with E-state index in [2.05, 4.69) is 15.4 Å². The second kappa shape index (κ2) is 6.63. The minimum absolute atomic E-state index is 0.329. The molecule has 0 radical (unpaired) electrons. The fourth-order valence-electron chi connectivity index (χ4n) is 3.63. The average molecular weight is 341 g/mol. The van der Waals surface area contributed by atoms with Gasteiger partial charge in [-0.15, -0.1) is 0 Å². The summed E-state index contributed by atoms with van der Waals surface area (Å²) in [5.74, 6) is 1.88. The molecular weight excluding hydrogens is 314 g/mol. The Morgan fingerprint density at radius 1 is 1.16 bits per heavy atom. The topological polar surface area (TPSA) is 108 Å². The lowest BCUT2D eigenvalue weighted by atomic mass is 9.92. The van der Waals surface area contributed by atoms with Crippen LogP contribution in [0.4, 0.5) is 11.8 Å². The molecule has 2 saturated carbocycles. The van der Waals surface area contributed by atoms with Crippen LogP contribution in [0.5, 0.6) is 0 Å². The van der Waals surface area contributed by atoms with Gasteiger partial charge in [0, 0.05) is 36.5 Å². The summed E-state index contributed by atoms with van der Waals surface area (Å²) in [4.78, 5) is 9.11. The van der Waals surface area contributed by atoms with Crippen LogP contribution in [0.1, 0.15) is 44.2 Å². The van der Waals surface area contributed by atoms with Gasteiger partial charge in [-0.3, -0.25) is 4.68 Å². The Balaban J connectivity index is 1.57. The Kier molecular flexibility index (Phi) is 4.33. The number of hydrogen-bond donors (Lipinski definition) is 3.